The van der Waals surface area contributed by atoms with Gasteiger partial charge in [-0.3, -0.25) is 0 Å². The van der Waals surface area contributed by atoms with E-state index in [0.717, 1.165) is 32.0 Å². The molecule has 1 heterocycles. The van der Waals surface area contributed by atoms with Crippen molar-refractivity contribution in [3.63, 3.8) is 0 Å². The molecule has 0 atom stereocenters. The van der Waals surface area contributed by atoms with Gasteiger partial charge in [0.05, 0.1) is 5.75 Å². The number of nitrogens with zero attached hydrogens (tertiary/aromatic N) is 1. The van der Waals surface area contributed by atoms with E-state index in [1.807, 2.05) is 13.8 Å². The SMILES string of the molecule is CC(C)(CN1CCCCCC1)NS(=O)(=O)Cc1ccc(Cl)cc1F. The van der Waals surface area contributed by atoms with Gasteiger partial charge in [0.15, 0.2) is 0 Å². The molecule has 1 saturated heterocycles. The van der Waals surface area contributed by atoms with E-state index in [9.17, 15) is 12.8 Å². The summed E-state index contributed by atoms with van der Waals surface area (Å²) in [6.45, 7) is 6.38. The fourth-order valence-electron chi connectivity index (χ4n) is 3.19. The van der Waals surface area contributed by atoms with Gasteiger partial charge in [-0.15, -0.1) is 0 Å². The summed E-state index contributed by atoms with van der Waals surface area (Å²) in [6, 6.07) is 4.05. The van der Waals surface area contributed by atoms with Crippen molar-refractivity contribution in [2.45, 2.75) is 50.8 Å². The lowest BCUT2D eigenvalue weighted by atomic mass is 10.1. The Labute approximate surface area is 149 Å². The number of likely N-dealkylation sites (tertiary alicyclic amines) is 1. The maximum atomic E-state index is 13.8. The van der Waals surface area contributed by atoms with E-state index in [2.05, 4.69) is 9.62 Å². The zero-order chi connectivity index (χ0) is 17.8. The van der Waals surface area contributed by atoms with E-state index >= 15 is 0 Å². The summed E-state index contributed by atoms with van der Waals surface area (Å²) in [7, 11) is -3.65. The smallest absolute Gasteiger partial charge is 0.216 e. The van der Waals surface area contributed by atoms with Crippen molar-refractivity contribution in [2.75, 3.05) is 19.6 Å². The van der Waals surface area contributed by atoms with Crippen LogP contribution in [0, 0.1) is 5.82 Å². The molecule has 0 saturated carbocycles. The molecular formula is C17H26ClFN2O2S. The van der Waals surface area contributed by atoms with Gasteiger partial charge in [-0.2, -0.15) is 0 Å². The molecule has 1 aliphatic heterocycles. The van der Waals surface area contributed by atoms with Gasteiger partial charge < -0.3 is 4.90 Å². The van der Waals surface area contributed by atoms with Gasteiger partial charge in [-0.25, -0.2) is 17.5 Å². The van der Waals surface area contributed by atoms with Crippen molar-refractivity contribution in [1.29, 1.82) is 0 Å². The van der Waals surface area contributed by atoms with Gasteiger partial charge in [0.1, 0.15) is 5.82 Å². The van der Waals surface area contributed by atoms with Crippen LogP contribution in [0.4, 0.5) is 4.39 Å². The normalized spacial score (nSPS) is 17.7. The van der Waals surface area contributed by atoms with Crippen LogP contribution in [-0.4, -0.2) is 38.5 Å². The standard InChI is InChI=1S/C17H26ClFN2O2S/c1-17(2,13-21-9-5-3-4-6-10-21)20-24(22,23)12-14-7-8-15(18)11-16(14)19/h7-8,11,20H,3-6,9-10,12-13H2,1-2H3. The minimum absolute atomic E-state index is 0.123. The Morgan fingerprint density at radius 2 is 1.83 bits per heavy atom. The molecule has 0 aliphatic carbocycles. The summed E-state index contributed by atoms with van der Waals surface area (Å²) in [5, 5.41) is 0.253. The van der Waals surface area contributed by atoms with E-state index in [1.54, 1.807) is 0 Å². The van der Waals surface area contributed by atoms with Crippen molar-refractivity contribution in [3.05, 3.63) is 34.6 Å². The molecule has 4 nitrogen and oxygen atoms in total. The fourth-order valence-corrected chi connectivity index (χ4v) is 4.97. The van der Waals surface area contributed by atoms with E-state index in [0.29, 0.717) is 6.54 Å². The number of halogens is 2. The van der Waals surface area contributed by atoms with Crippen LogP contribution in [0.2, 0.25) is 5.02 Å². The lowest BCUT2D eigenvalue weighted by molar-refractivity contribution is 0.223. The molecule has 0 radical (unpaired) electrons. The van der Waals surface area contributed by atoms with Crippen LogP contribution in [0.15, 0.2) is 18.2 Å². The Kier molecular flexibility index (Phi) is 6.65. The monoisotopic (exact) mass is 376 g/mol. The summed E-state index contributed by atoms with van der Waals surface area (Å²) in [6.07, 6.45) is 4.77. The molecule has 1 fully saturated rings. The van der Waals surface area contributed by atoms with Gasteiger partial charge in [-0.1, -0.05) is 30.5 Å². The summed E-state index contributed by atoms with van der Waals surface area (Å²) >= 11 is 5.71. The first-order valence-electron chi connectivity index (χ1n) is 8.35. The molecule has 0 spiro atoms. The first-order chi connectivity index (χ1) is 11.2. The Balaban J connectivity index is 2.00. The fraction of sp³-hybridized carbons (Fsp3) is 0.647. The molecule has 1 aliphatic rings. The first-order valence-corrected chi connectivity index (χ1v) is 10.4. The van der Waals surface area contributed by atoms with Crippen LogP contribution in [0.1, 0.15) is 45.1 Å². The lowest BCUT2D eigenvalue weighted by Gasteiger charge is -2.32. The van der Waals surface area contributed by atoms with Gasteiger partial charge in [0, 0.05) is 22.7 Å². The lowest BCUT2D eigenvalue weighted by Crippen LogP contribution is -2.51. The predicted octanol–water partition coefficient (Wildman–Crippen LogP) is 3.55. The highest BCUT2D eigenvalue weighted by Crippen LogP contribution is 2.19. The third-order valence-corrected chi connectivity index (χ3v) is 5.90. The van der Waals surface area contributed by atoms with Crippen LogP contribution in [0.5, 0.6) is 0 Å². The molecule has 0 unspecified atom stereocenters. The number of hydrogen-bond donors (Lipinski definition) is 1. The van der Waals surface area contributed by atoms with Crippen LogP contribution < -0.4 is 4.72 Å². The molecule has 0 bridgehead atoms. The van der Waals surface area contributed by atoms with Gasteiger partial charge in [0.25, 0.3) is 0 Å². The molecule has 2 rings (SSSR count). The van der Waals surface area contributed by atoms with Crippen molar-refractivity contribution in [3.8, 4) is 0 Å². The molecule has 7 heteroatoms. The minimum Gasteiger partial charge on any atom is -0.301 e. The molecular weight excluding hydrogens is 351 g/mol. The molecule has 136 valence electrons. The Morgan fingerprint density at radius 1 is 1.21 bits per heavy atom. The Morgan fingerprint density at radius 3 is 2.42 bits per heavy atom. The van der Waals surface area contributed by atoms with Crippen molar-refractivity contribution < 1.29 is 12.8 Å². The summed E-state index contributed by atoms with van der Waals surface area (Å²) in [4.78, 5) is 2.30. The number of rotatable bonds is 6. The summed E-state index contributed by atoms with van der Waals surface area (Å²) in [5.41, 5.74) is -0.482. The maximum absolute atomic E-state index is 13.8. The third kappa shape index (κ3) is 6.31. The zero-order valence-electron chi connectivity index (χ0n) is 14.3. The molecule has 1 aromatic carbocycles. The molecule has 0 aromatic heterocycles. The van der Waals surface area contributed by atoms with Gasteiger partial charge >= 0.3 is 0 Å². The van der Waals surface area contributed by atoms with E-state index in [4.69, 9.17) is 11.6 Å². The van der Waals surface area contributed by atoms with Crippen molar-refractivity contribution in [1.82, 2.24) is 9.62 Å². The second kappa shape index (κ2) is 8.13. The Bertz CT molecular complexity index is 657. The van der Waals surface area contributed by atoms with Gasteiger partial charge in [-0.05, 0) is 51.9 Å². The van der Waals surface area contributed by atoms with Crippen molar-refractivity contribution >= 4 is 21.6 Å². The average molecular weight is 377 g/mol. The maximum Gasteiger partial charge on any atom is 0.216 e. The van der Waals surface area contributed by atoms with E-state index < -0.39 is 21.4 Å². The molecule has 0 amide bonds. The topological polar surface area (TPSA) is 49.4 Å². The summed E-state index contributed by atoms with van der Waals surface area (Å²) < 4.78 is 41.4. The van der Waals surface area contributed by atoms with Crippen LogP contribution in [0.3, 0.4) is 0 Å². The predicted molar refractivity (Wildman–Crippen MR) is 96.2 cm³/mol. The van der Waals surface area contributed by atoms with Crippen LogP contribution in [-0.2, 0) is 15.8 Å². The second-order valence-electron chi connectivity index (χ2n) is 7.17. The third-order valence-electron chi connectivity index (χ3n) is 4.11. The zero-order valence-corrected chi connectivity index (χ0v) is 15.9. The van der Waals surface area contributed by atoms with Crippen LogP contribution >= 0.6 is 11.6 Å². The van der Waals surface area contributed by atoms with Crippen LogP contribution in [0.25, 0.3) is 0 Å². The largest absolute Gasteiger partial charge is 0.301 e. The first kappa shape index (κ1) is 19.6. The quantitative estimate of drug-likeness (QED) is 0.825. The highest BCUT2D eigenvalue weighted by Gasteiger charge is 2.28. The molecule has 1 N–H and O–H groups in total. The van der Waals surface area contributed by atoms with E-state index in [-0.39, 0.29) is 16.3 Å². The number of benzene rings is 1. The average Bonchev–Trinajstić information content (AvgIpc) is 2.68. The number of nitrogens with one attached hydrogen (secondary N) is 1. The Hall–Kier alpha value is -0.690. The molecule has 1 aromatic rings. The molecule has 24 heavy (non-hydrogen) atoms. The highest BCUT2D eigenvalue weighted by atomic mass is 35.5. The van der Waals surface area contributed by atoms with Crippen molar-refractivity contribution in [2.24, 2.45) is 0 Å². The highest BCUT2D eigenvalue weighted by molar-refractivity contribution is 7.88. The second-order valence-corrected chi connectivity index (χ2v) is 9.33. The summed E-state index contributed by atoms with van der Waals surface area (Å²) in [5.74, 6) is -0.988. The number of hydrogen-bond acceptors (Lipinski definition) is 3. The van der Waals surface area contributed by atoms with E-state index in [1.165, 1.54) is 25.0 Å². The van der Waals surface area contributed by atoms with Gasteiger partial charge in [0.2, 0.25) is 10.0 Å². The number of sulfonamides is 1. The minimum atomic E-state index is -3.65.